The summed E-state index contributed by atoms with van der Waals surface area (Å²) in [6.07, 6.45) is 1.60. The SMILES string of the molecule is O=C(Nc1ncnn1-c1ccccc1)C1CCCC(F)(F)C1. The fourth-order valence-corrected chi connectivity index (χ4v) is 2.69. The molecule has 1 fully saturated rings. The van der Waals surface area contributed by atoms with E-state index in [2.05, 4.69) is 15.4 Å². The van der Waals surface area contributed by atoms with E-state index in [0.29, 0.717) is 12.8 Å². The minimum Gasteiger partial charge on any atom is -0.294 e. The minimum atomic E-state index is -2.76. The smallest absolute Gasteiger partial charge is 0.248 e. The van der Waals surface area contributed by atoms with E-state index >= 15 is 0 Å². The Labute approximate surface area is 126 Å². The Morgan fingerprint density at radius 2 is 2.09 bits per heavy atom. The fraction of sp³-hybridized carbons (Fsp3) is 0.400. The van der Waals surface area contributed by atoms with Crippen molar-refractivity contribution in [2.24, 2.45) is 5.92 Å². The maximum absolute atomic E-state index is 13.4. The molecule has 3 rings (SSSR count). The maximum Gasteiger partial charge on any atom is 0.248 e. The van der Waals surface area contributed by atoms with E-state index < -0.39 is 24.2 Å². The molecule has 22 heavy (non-hydrogen) atoms. The average Bonchev–Trinajstić information content (AvgIpc) is 2.95. The first-order valence-corrected chi connectivity index (χ1v) is 7.19. The molecule has 0 aliphatic heterocycles. The first-order chi connectivity index (χ1) is 10.6. The Bertz CT molecular complexity index is 657. The molecule has 1 heterocycles. The normalized spacial score (nSPS) is 20.5. The highest BCUT2D eigenvalue weighted by molar-refractivity contribution is 5.91. The maximum atomic E-state index is 13.4. The molecule has 7 heteroatoms. The Balaban J connectivity index is 1.74. The van der Waals surface area contributed by atoms with E-state index in [1.807, 2.05) is 30.3 Å². The predicted molar refractivity (Wildman–Crippen MR) is 76.9 cm³/mol. The minimum absolute atomic E-state index is 0.142. The number of hydrogen-bond acceptors (Lipinski definition) is 3. The van der Waals surface area contributed by atoms with Gasteiger partial charge >= 0.3 is 0 Å². The monoisotopic (exact) mass is 306 g/mol. The van der Waals surface area contributed by atoms with Gasteiger partial charge in [-0.3, -0.25) is 10.1 Å². The lowest BCUT2D eigenvalue weighted by Crippen LogP contribution is -2.34. The molecule has 2 aromatic rings. The molecule has 1 unspecified atom stereocenters. The van der Waals surface area contributed by atoms with Gasteiger partial charge in [-0.2, -0.15) is 14.8 Å². The van der Waals surface area contributed by atoms with Crippen LogP contribution in [0.15, 0.2) is 36.7 Å². The van der Waals surface area contributed by atoms with Crippen LogP contribution in [0.2, 0.25) is 0 Å². The van der Waals surface area contributed by atoms with E-state index in [1.165, 1.54) is 11.0 Å². The number of para-hydroxylation sites is 1. The van der Waals surface area contributed by atoms with E-state index in [1.54, 1.807) is 0 Å². The number of aromatic nitrogens is 3. The number of nitrogens with zero attached hydrogens (tertiary/aromatic N) is 3. The first kappa shape index (κ1) is 14.6. The van der Waals surface area contributed by atoms with Gasteiger partial charge in [-0.05, 0) is 25.0 Å². The van der Waals surface area contributed by atoms with Crippen molar-refractivity contribution >= 4 is 11.9 Å². The molecule has 1 N–H and O–H groups in total. The summed E-state index contributed by atoms with van der Waals surface area (Å²) in [5.74, 6) is -3.63. The standard InChI is InChI=1S/C15H16F2N4O/c16-15(17)8-4-5-11(9-15)13(22)20-14-18-10-19-21(14)12-6-2-1-3-7-12/h1-3,6-7,10-11H,4-5,8-9H2,(H,18,19,20,22). The number of nitrogens with one attached hydrogen (secondary N) is 1. The van der Waals surface area contributed by atoms with Crippen LogP contribution >= 0.6 is 0 Å². The van der Waals surface area contributed by atoms with Crippen molar-refractivity contribution in [3.8, 4) is 5.69 Å². The second-order valence-electron chi connectivity index (χ2n) is 5.47. The number of rotatable bonds is 3. The van der Waals surface area contributed by atoms with Gasteiger partial charge in [-0.15, -0.1) is 0 Å². The number of amides is 1. The van der Waals surface area contributed by atoms with Gasteiger partial charge in [0.05, 0.1) is 5.69 Å². The Morgan fingerprint density at radius 1 is 1.32 bits per heavy atom. The van der Waals surface area contributed by atoms with Crippen molar-refractivity contribution in [2.75, 3.05) is 5.32 Å². The molecular formula is C15H16F2N4O. The Hall–Kier alpha value is -2.31. The van der Waals surface area contributed by atoms with Crippen LogP contribution in [0, 0.1) is 5.92 Å². The molecular weight excluding hydrogens is 290 g/mol. The summed E-state index contributed by atoms with van der Waals surface area (Å²) in [4.78, 5) is 16.2. The molecule has 1 aromatic heterocycles. The van der Waals surface area contributed by atoms with Crippen molar-refractivity contribution in [2.45, 2.75) is 31.6 Å². The van der Waals surface area contributed by atoms with Gasteiger partial charge in [0.2, 0.25) is 17.8 Å². The molecule has 5 nitrogen and oxygen atoms in total. The third kappa shape index (κ3) is 3.13. The van der Waals surface area contributed by atoms with Crippen LogP contribution in [0.5, 0.6) is 0 Å². The molecule has 0 saturated heterocycles. The van der Waals surface area contributed by atoms with Gasteiger partial charge in [-0.1, -0.05) is 18.2 Å². The van der Waals surface area contributed by atoms with Crippen molar-refractivity contribution in [3.05, 3.63) is 36.7 Å². The first-order valence-electron chi connectivity index (χ1n) is 7.19. The van der Waals surface area contributed by atoms with Crippen LogP contribution in [0.25, 0.3) is 5.69 Å². The molecule has 1 amide bonds. The zero-order valence-corrected chi connectivity index (χ0v) is 11.9. The van der Waals surface area contributed by atoms with Gasteiger partial charge in [0.1, 0.15) is 6.33 Å². The number of alkyl halides is 2. The quantitative estimate of drug-likeness (QED) is 0.948. The Kier molecular flexibility index (Phi) is 3.87. The van der Waals surface area contributed by atoms with Crippen LogP contribution in [0.1, 0.15) is 25.7 Å². The molecule has 0 spiro atoms. The molecule has 1 aliphatic carbocycles. The summed E-state index contributed by atoms with van der Waals surface area (Å²) in [7, 11) is 0. The van der Waals surface area contributed by atoms with Gasteiger partial charge in [-0.25, -0.2) is 8.78 Å². The summed E-state index contributed by atoms with van der Waals surface area (Å²) in [6.45, 7) is 0. The lowest BCUT2D eigenvalue weighted by molar-refractivity contribution is -0.127. The molecule has 0 radical (unpaired) electrons. The number of carbonyl (C=O) groups excluding carboxylic acids is 1. The van der Waals surface area contributed by atoms with Crippen LogP contribution in [-0.4, -0.2) is 26.6 Å². The van der Waals surface area contributed by atoms with Crippen molar-refractivity contribution in [1.29, 1.82) is 0 Å². The highest BCUT2D eigenvalue weighted by Crippen LogP contribution is 2.37. The molecule has 0 bridgehead atoms. The predicted octanol–water partition coefficient (Wildman–Crippen LogP) is 3.03. The number of benzene rings is 1. The summed E-state index contributed by atoms with van der Waals surface area (Å²) in [6, 6.07) is 9.18. The zero-order valence-electron chi connectivity index (χ0n) is 11.9. The molecule has 1 atom stereocenters. The van der Waals surface area contributed by atoms with E-state index in [0.717, 1.165) is 5.69 Å². The molecule has 1 saturated carbocycles. The van der Waals surface area contributed by atoms with Gasteiger partial charge < -0.3 is 0 Å². The average molecular weight is 306 g/mol. The summed E-state index contributed by atoms with van der Waals surface area (Å²) in [5.41, 5.74) is 0.740. The fourth-order valence-electron chi connectivity index (χ4n) is 2.69. The van der Waals surface area contributed by atoms with E-state index in [4.69, 9.17) is 0 Å². The lowest BCUT2D eigenvalue weighted by Gasteiger charge is -2.27. The molecule has 1 aliphatic rings. The highest BCUT2D eigenvalue weighted by Gasteiger charge is 2.39. The number of hydrogen-bond donors (Lipinski definition) is 1. The highest BCUT2D eigenvalue weighted by atomic mass is 19.3. The number of halogens is 2. The second kappa shape index (κ2) is 5.82. The number of carbonyl (C=O) groups is 1. The van der Waals surface area contributed by atoms with Crippen LogP contribution in [0.4, 0.5) is 14.7 Å². The van der Waals surface area contributed by atoms with E-state index in [9.17, 15) is 13.6 Å². The largest absolute Gasteiger partial charge is 0.294 e. The lowest BCUT2D eigenvalue weighted by atomic mass is 9.86. The summed E-state index contributed by atoms with van der Waals surface area (Å²) >= 11 is 0. The third-order valence-electron chi connectivity index (χ3n) is 3.79. The Morgan fingerprint density at radius 3 is 2.82 bits per heavy atom. The van der Waals surface area contributed by atoms with E-state index in [-0.39, 0.29) is 12.4 Å². The van der Waals surface area contributed by atoms with Crippen molar-refractivity contribution < 1.29 is 13.6 Å². The molecule has 116 valence electrons. The second-order valence-corrected chi connectivity index (χ2v) is 5.47. The number of anilines is 1. The van der Waals surface area contributed by atoms with Crippen molar-refractivity contribution in [1.82, 2.24) is 14.8 Å². The van der Waals surface area contributed by atoms with Crippen LogP contribution < -0.4 is 5.32 Å². The zero-order chi connectivity index (χ0) is 15.6. The van der Waals surface area contributed by atoms with Gasteiger partial charge in [0.25, 0.3) is 0 Å². The van der Waals surface area contributed by atoms with Gasteiger partial charge in [0.15, 0.2) is 0 Å². The van der Waals surface area contributed by atoms with Crippen LogP contribution in [-0.2, 0) is 4.79 Å². The summed E-state index contributed by atoms with van der Waals surface area (Å²) < 4.78 is 28.3. The van der Waals surface area contributed by atoms with Gasteiger partial charge in [0, 0.05) is 18.8 Å². The van der Waals surface area contributed by atoms with Crippen LogP contribution in [0.3, 0.4) is 0 Å². The summed E-state index contributed by atoms with van der Waals surface area (Å²) in [5, 5.41) is 6.67. The third-order valence-corrected chi connectivity index (χ3v) is 3.79. The van der Waals surface area contributed by atoms with Crippen molar-refractivity contribution in [3.63, 3.8) is 0 Å². The topological polar surface area (TPSA) is 59.8 Å². The molecule has 1 aromatic carbocycles.